The predicted molar refractivity (Wildman–Crippen MR) is 77.7 cm³/mol. The first-order valence-corrected chi connectivity index (χ1v) is 7.27. The van der Waals surface area contributed by atoms with Crippen molar-refractivity contribution in [1.82, 2.24) is 0 Å². The van der Waals surface area contributed by atoms with Gasteiger partial charge >= 0.3 is 5.97 Å². The number of esters is 1. The van der Waals surface area contributed by atoms with E-state index in [-0.39, 0.29) is 11.8 Å². The molecule has 0 atom stereocenters. The molecule has 0 aliphatic carbocycles. The van der Waals surface area contributed by atoms with Crippen LogP contribution in [0.3, 0.4) is 0 Å². The van der Waals surface area contributed by atoms with Gasteiger partial charge in [0.2, 0.25) is 0 Å². The molecule has 0 saturated heterocycles. The summed E-state index contributed by atoms with van der Waals surface area (Å²) in [5, 5.41) is 3.15. The van der Waals surface area contributed by atoms with Gasteiger partial charge in [-0.1, -0.05) is 6.42 Å². The summed E-state index contributed by atoms with van der Waals surface area (Å²) in [5.41, 5.74) is 0.770. The molecule has 0 spiro atoms. The van der Waals surface area contributed by atoms with Crippen LogP contribution in [0.4, 0.5) is 10.1 Å². The van der Waals surface area contributed by atoms with Gasteiger partial charge in [0.25, 0.3) is 0 Å². The van der Waals surface area contributed by atoms with E-state index in [1.807, 2.05) is 6.07 Å². The number of hydrogen-bond acceptors (Lipinski definition) is 3. The first kappa shape index (κ1) is 16.0. The van der Waals surface area contributed by atoms with Crippen molar-refractivity contribution < 1.29 is 13.9 Å². The molecule has 0 aliphatic rings. The van der Waals surface area contributed by atoms with E-state index in [0.717, 1.165) is 31.5 Å². The van der Waals surface area contributed by atoms with Crippen molar-refractivity contribution >= 4 is 27.6 Å². The Labute approximate surface area is 121 Å². The molecule has 0 aromatic heterocycles. The molecule has 0 radical (unpaired) electrons. The number of ether oxygens (including phenoxy) is 1. The summed E-state index contributed by atoms with van der Waals surface area (Å²) >= 11 is 3.11. The second-order valence-electron chi connectivity index (χ2n) is 4.17. The molecule has 0 heterocycles. The lowest BCUT2D eigenvalue weighted by Crippen LogP contribution is -2.05. The van der Waals surface area contributed by atoms with Crippen molar-refractivity contribution in [2.45, 2.75) is 32.6 Å². The van der Waals surface area contributed by atoms with E-state index >= 15 is 0 Å². The fraction of sp³-hybridized carbons (Fsp3) is 0.500. The molecule has 1 rings (SSSR count). The van der Waals surface area contributed by atoms with Crippen LogP contribution in [0.15, 0.2) is 22.7 Å². The molecule has 5 heteroatoms. The largest absolute Gasteiger partial charge is 0.466 e. The van der Waals surface area contributed by atoms with Gasteiger partial charge in [-0.25, -0.2) is 4.39 Å². The quantitative estimate of drug-likeness (QED) is 0.575. The van der Waals surface area contributed by atoms with Gasteiger partial charge in [-0.05, 0) is 53.9 Å². The number of anilines is 1. The third kappa shape index (κ3) is 6.57. The summed E-state index contributed by atoms with van der Waals surface area (Å²) in [5.74, 6) is -0.405. The summed E-state index contributed by atoms with van der Waals surface area (Å²) in [6.07, 6.45) is 3.19. The standard InChI is InChI=1S/C14H19BrFNO2/c1-2-19-14(18)6-4-3-5-9-17-11-7-8-12(15)13(16)10-11/h7-8,10,17H,2-6,9H2,1H3. The van der Waals surface area contributed by atoms with Gasteiger partial charge in [-0.3, -0.25) is 4.79 Å². The second kappa shape index (κ2) is 8.91. The summed E-state index contributed by atoms with van der Waals surface area (Å²) < 4.78 is 18.5. The molecule has 1 aromatic rings. The van der Waals surface area contributed by atoms with Crippen molar-refractivity contribution in [2.75, 3.05) is 18.5 Å². The Morgan fingerprint density at radius 1 is 1.37 bits per heavy atom. The number of carbonyl (C=O) groups excluding carboxylic acids is 1. The number of unbranched alkanes of at least 4 members (excludes halogenated alkanes) is 2. The summed E-state index contributed by atoms with van der Waals surface area (Å²) in [6.45, 7) is 3.01. The highest BCUT2D eigenvalue weighted by Gasteiger charge is 2.02. The lowest BCUT2D eigenvalue weighted by molar-refractivity contribution is -0.143. The molecule has 0 bridgehead atoms. The maximum absolute atomic E-state index is 13.2. The zero-order valence-electron chi connectivity index (χ0n) is 11.0. The summed E-state index contributed by atoms with van der Waals surface area (Å²) in [7, 11) is 0. The van der Waals surface area contributed by atoms with Gasteiger partial charge in [0.1, 0.15) is 5.82 Å². The van der Waals surface area contributed by atoms with E-state index in [0.29, 0.717) is 17.5 Å². The zero-order chi connectivity index (χ0) is 14.1. The first-order valence-electron chi connectivity index (χ1n) is 6.48. The fourth-order valence-corrected chi connectivity index (χ4v) is 1.89. The van der Waals surface area contributed by atoms with Gasteiger partial charge in [0, 0.05) is 18.7 Å². The number of nitrogens with one attached hydrogen (secondary N) is 1. The number of carbonyl (C=O) groups is 1. The minimum atomic E-state index is -0.271. The molecule has 0 aliphatic heterocycles. The maximum atomic E-state index is 13.2. The minimum Gasteiger partial charge on any atom is -0.466 e. The van der Waals surface area contributed by atoms with Crippen LogP contribution in [-0.2, 0) is 9.53 Å². The average molecular weight is 332 g/mol. The average Bonchev–Trinajstić information content (AvgIpc) is 2.38. The second-order valence-corrected chi connectivity index (χ2v) is 5.03. The predicted octanol–water partition coefficient (Wildman–Crippen LogP) is 4.12. The van der Waals surface area contributed by atoms with Crippen molar-refractivity contribution in [2.24, 2.45) is 0 Å². The molecule has 0 saturated carbocycles. The molecule has 0 unspecified atom stereocenters. The molecule has 106 valence electrons. The smallest absolute Gasteiger partial charge is 0.305 e. The Kier molecular flexibility index (Phi) is 7.48. The molecule has 0 amide bonds. The lowest BCUT2D eigenvalue weighted by Gasteiger charge is -2.07. The Morgan fingerprint density at radius 2 is 2.16 bits per heavy atom. The Balaban J connectivity index is 2.10. The van der Waals surface area contributed by atoms with Gasteiger partial charge in [-0.2, -0.15) is 0 Å². The van der Waals surface area contributed by atoms with Crippen molar-refractivity contribution in [3.8, 4) is 0 Å². The van der Waals surface area contributed by atoms with E-state index in [1.165, 1.54) is 6.07 Å². The van der Waals surface area contributed by atoms with Crippen LogP contribution < -0.4 is 5.32 Å². The van der Waals surface area contributed by atoms with Gasteiger partial charge in [0.15, 0.2) is 0 Å². The van der Waals surface area contributed by atoms with Crippen LogP contribution in [0.2, 0.25) is 0 Å². The van der Waals surface area contributed by atoms with Crippen LogP contribution in [0.25, 0.3) is 0 Å². The van der Waals surface area contributed by atoms with Gasteiger partial charge in [0.05, 0.1) is 11.1 Å². The summed E-state index contributed by atoms with van der Waals surface area (Å²) in [4.78, 5) is 11.1. The molecule has 3 nitrogen and oxygen atoms in total. The van der Waals surface area contributed by atoms with Gasteiger partial charge in [-0.15, -0.1) is 0 Å². The minimum absolute atomic E-state index is 0.134. The van der Waals surface area contributed by atoms with Crippen LogP contribution in [-0.4, -0.2) is 19.1 Å². The summed E-state index contributed by atoms with van der Waals surface area (Å²) in [6, 6.07) is 4.97. The highest BCUT2D eigenvalue weighted by Crippen LogP contribution is 2.19. The molecule has 1 aromatic carbocycles. The molecular weight excluding hydrogens is 313 g/mol. The highest BCUT2D eigenvalue weighted by molar-refractivity contribution is 9.10. The van der Waals surface area contributed by atoms with Gasteiger partial charge < -0.3 is 10.1 Å². The Morgan fingerprint density at radius 3 is 2.84 bits per heavy atom. The number of halogens is 2. The molecule has 1 N–H and O–H groups in total. The van der Waals surface area contributed by atoms with E-state index < -0.39 is 0 Å². The van der Waals surface area contributed by atoms with E-state index in [1.54, 1.807) is 13.0 Å². The number of benzene rings is 1. The van der Waals surface area contributed by atoms with E-state index in [9.17, 15) is 9.18 Å². The third-order valence-electron chi connectivity index (χ3n) is 2.61. The first-order chi connectivity index (χ1) is 9.13. The topological polar surface area (TPSA) is 38.3 Å². The normalized spacial score (nSPS) is 10.3. The van der Waals surface area contributed by atoms with Crippen LogP contribution in [0.5, 0.6) is 0 Å². The lowest BCUT2D eigenvalue weighted by atomic mass is 10.2. The number of hydrogen-bond donors (Lipinski definition) is 1. The van der Waals surface area contributed by atoms with Crippen LogP contribution in [0, 0.1) is 5.82 Å². The molecule has 0 fully saturated rings. The Hall–Kier alpha value is -1.10. The van der Waals surface area contributed by atoms with E-state index in [2.05, 4.69) is 21.2 Å². The van der Waals surface area contributed by atoms with E-state index in [4.69, 9.17) is 4.74 Å². The molecular formula is C14H19BrFNO2. The van der Waals surface area contributed by atoms with Crippen LogP contribution >= 0.6 is 15.9 Å². The highest BCUT2D eigenvalue weighted by atomic mass is 79.9. The maximum Gasteiger partial charge on any atom is 0.305 e. The monoisotopic (exact) mass is 331 g/mol. The van der Waals surface area contributed by atoms with Crippen molar-refractivity contribution in [3.05, 3.63) is 28.5 Å². The number of rotatable bonds is 8. The SMILES string of the molecule is CCOC(=O)CCCCCNc1ccc(Br)c(F)c1. The zero-order valence-corrected chi connectivity index (χ0v) is 12.6. The fourth-order valence-electron chi connectivity index (χ4n) is 1.64. The Bertz CT molecular complexity index is 412. The van der Waals surface area contributed by atoms with Crippen LogP contribution in [0.1, 0.15) is 32.6 Å². The molecule has 19 heavy (non-hydrogen) atoms. The third-order valence-corrected chi connectivity index (χ3v) is 3.25. The van der Waals surface area contributed by atoms with Crippen molar-refractivity contribution in [1.29, 1.82) is 0 Å². The van der Waals surface area contributed by atoms with Crippen molar-refractivity contribution in [3.63, 3.8) is 0 Å².